The molecular formula is C14H21N3O2. The number of carboxylic acids is 1. The minimum absolute atomic E-state index is 0.239. The van der Waals surface area contributed by atoms with Gasteiger partial charge in [-0.2, -0.15) is 0 Å². The van der Waals surface area contributed by atoms with Gasteiger partial charge in [0.2, 0.25) is 0 Å². The van der Waals surface area contributed by atoms with E-state index in [0.717, 1.165) is 25.3 Å². The number of likely N-dealkylation sites (N-methyl/N-ethyl adjacent to an activating group) is 1. The highest BCUT2D eigenvalue weighted by Crippen LogP contribution is 2.07. The summed E-state index contributed by atoms with van der Waals surface area (Å²) in [4.78, 5) is 19.6. The van der Waals surface area contributed by atoms with Crippen molar-refractivity contribution in [2.24, 2.45) is 0 Å². The molecule has 0 saturated carbocycles. The quantitative estimate of drug-likeness (QED) is 0.838. The molecule has 0 unspecified atom stereocenters. The van der Waals surface area contributed by atoms with Crippen molar-refractivity contribution in [3.05, 3.63) is 29.6 Å². The summed E-state index contributed by atoms with van der Waals surface area (Å²) in [6, 6.07) is 3.40. The number of likely N-dealkylation sites (tertiary alicyclic amines) is 1. The summed E-state index contributed by atoms with van der Waals surface area (Å²) >= 11 is 0. The molecule has 2 rings (SSSR count). The number of aromatic carboxylic acids is 1. The van der Waals surface area contributed by atoms with Crippen LogP contribution in [-0.4, -0.2) is 59.1 Å². The van der Waals surface area contributed by atoms with Crippen LogP contribution in [-0.2, 0) is 6.54 Å². The molecule has 1 aromatic heterocycles. The lowest BCUT2D eigenvalue weighted by atomic mass is 10.2. The molecule has 1 saturated heterocycles. The van der Waals surface area contributed by atoms with E-state index in [1.807, 2.05) is 0 Å². The average molecular weight is 263 g/mol. The molecule has 2 heterocycles. The summed E-state index contributed by atoms with van der Waals surface area (Å²) in [7, 11) is 2.07. The highest BCUT2D eigenvalue weighted by atomic mass is 16.4. The number of hydrogen-bond donors (Lipinski definition) is 1. The van der Waals surface area contributed by atoms with Crippen LogP contribution in [0.4, 0.5) is 0 Å². The molecule has 1 N–H and O–H groups in total. The van der Waals surface area contributed by atoms with Gasteiger partial charge in [0.25, 0.3) is 0 Å². The van der Waals surface area contributed by atoms with Gasteiger partial charge >= 0.3 is 5.97 Å². The molecule has 1 aliphatic rings. The second-order valence-electron chi connectivity index (χ2n) is 5.13. The third-order valence-corrected chi connectivity index (χ3v) is 3.50. The summed E-state index contributed by atoms with van der Waals surface area (Å²) in [6.45, 7) is 5.32. The van der Waals surface area contributed by atoms with Crippen molar-refractivity contribution in [1.29, 1.82) is 0 Å². The highest BCUT2D eigenvalue weighted by Gasteiger charge is 2.12. The maximum absolute atomic E-state index is 10.7. The Morgan fingerprint density at radius 2 is 2.16 bits per heavy atom. The van der Waals surface area contributed by atoms with E-state index in [1.54, 1.807) is 12.1 Å². The van der Waals surface area contributed by atoms with Crippen molar-refractivity contribution in [2.45, 2.75) is 19.4 Å². The fraction of sp³-hybridized carbons (Fsp3) is 0.571. The van der Waals surface area contributed by atoms with Crippen molar-refractivity contribution in [1.82, 2.24) is 14.8 Å². The number of carbonyl (C=O) groups is 1. The smallest absolute Gasteiger partial charge is 0.337 e. The number of rotatable bonds is 6. The Morgan fingerprint density at radius 3 is 2.74 bits per heavy atom. The molecular weight excluding hydrogens is 242 g/mol. The Hall–Kier alpha value is -1.46. The van der Waals surface area contributed by atoms with Crippen LogP contribution in [0, 0.1) is 0 Å². The van der Waals surface area contributed by atoms with Gasteiger partial charge in [0.1, 0.15) is 0 Å². The van der Waals surface area contributed by atoms with Gasteiger partial charge in [-0.1, -0.05) is 0 Å². The van der Waals surface area contributed by atoms with E-state index in [4.69, 9.17) is 5.11 Å². The van der Waals surface area contributed by atoms with Gasteiger partial charge in [0.15, 0.2) is 0 Å². The Kier molecular flexibility index (Phi) is 4.87. The van der Waals surface area contributed by atoms with Crippen LogP contribution < -0.4 is 0 Å². The number of aromatic nitrogens is 1. The molecule has 5 nitrogen and oxygen atoms in total. The molecule has 0 aromatic carbocycles. The van der Waals surface area contributed by atoms with E-state index in [9.17, 15) is 4.79 Å². The molecule has 0 atom stereocenters. The summed E-state index contributed by atoms with van der Waals surface area (Å²) in [5, 5.41) is 8.81. The molecule has 0 bridgehead atoms. The van der Waals surface area contributed by atoms with E-state index in [1.165, 1.54) is 32.1 Å². The lowest BCUT2D eigenvalue weighted by molar-refractivity contribution is 0.0696. The highest BCUT2D eigenvalue weighted by molar-refractivity contribution is 5.87. The summed E-state index contributed by atoms with van der Waals surface area (Å²) < 4.78 is 0. The summed E-state index contributed by atoms with van der Waals surface area (Å²) in [6.07, 6.45) is 4.07. The molecule has 104 valence electrons. The minimum atomic E-state index is -0.929. The molecule has 0 aliphatic carbocycles. The van der Waals surface area contributed by atoms with E-state index in [2.05, 4.69) is 21.8 Å². The van der Waals surface area contributed by atoms with Crippen molar-refractivity contribution in [3.63, 3.8) is 0 Å². The molecule has 1 aromatic rings. The van der Waals surface area contributed by atoms with Crippen LogP contribution in [0.25, 0.3) is 0 Å². The first-order chi connectivity index (χ1) is 9.15. The fourth-order valence-electron chi connectivity index (χ4n) is 2.32. The van der Waals surface area contributed by atoms with Gasteiger partial charge in [0, 0.05) is 25.8 Å². The van der Waals surface area contributed by atoms with Crippen molar-refractivity contribution < 1.29 is 9.90 Å². The van der Waals surface area contributed by atoms with Crippen LogP contribution in [0.5, 0.6) is 0 Å². The first-order valence-corrected chi connectivity index (χ1v) is 6.74. The maximum Gasteiger partial charge on any atom is 0.337 e. The van der Waals surface area contributed by atoms with Gasteiger partial charge in [-0.05, 0) is 45.1 Å². The largest absolute Gasteiger partial charge is 0.478 e. The zero-order valence-corrected chi connectivity index (χ0v) is 11.4. The molecule has 0 amide bonds. The van der Waals surface area contributed by atoms with Crippen LogP contribution in [0.1, 0.15) is 28.9 Å². The van der Waals surface area contributed by atoms with Crippen LogP contribution in [0.3, 0.4) is 0 Å². The predicted molar refractivity (Wildman–Crippen MR) is 73.2 cm³/mol. The second kappa shape index (κ2) is 6.63. The molecule has 0 spiro atoms. The molecule has 1 fully saturated rings. The first-order valence-electron chi connectivity index (χ1n) is 6.74. The Labute approximate surface area is 113 Å². The van der Waals surface area contributed by atoms with Crippen LogP contribution in [0.2, 0.25) is 0 Å². The second-order valence-corrected chi connectivity index (χ2v) is 5.13. The summed E-state index contributed by atoms with van der Waals surface area (Å²) in [5.74, 6) is -0.929. The van der Waals surface area contributed by atoms with E-state index in [0.29, 0.717) is 0 Å². The van der Waals surface area contributed by atoms with Gasteiger partial charge in [-0.15, -0.1) is 0 Å². The Balaban J connectivity index is 1.77. The molecule has 1 aliphatic heterocycles. The molecule has 19 heavy (non-hydrogen) atoms. The minimum Gasteiger partial charge on any atom is -0.478 e. The number of pyridine rings is 1. The lowest BCUT2D eigenvalue weighted by Crippen LogP contribution is -2.31. The lowest BCUT2D eigenvalue weighted by Gasteiger charge is -2.20. The third kappa shape index (κ3) is 4.29. The van der Waals surface area contributed by atoms with Crippen molar-refractivity contribution >= 4 is 5.97 Å². The van der Waals surface area contributed by atoms with E-state index < -0.39 is 5.97 Å². The monoisotopic (exact) mass is 263 g/mol. The van der Waals surface area contributed by atoms with Crippen LogP contribution >= 0.6 is 0 Å². The summed E-state index contributed by atoms with van der Waals surface area (Å²) in [5.41, 5.74) is 1.15. The molecule has 5 heteroatoms. The SMILES string of the molecule is CN(CCN1CCCC1)Cc1ccc(C(=O)O)cn1. The van der Waals surface area contributed by atoms with Crippen LogP contribution in [0.15, 0.2) is 18.3 Å². The Bertz CT molecular complexity index is 413. The standard InChI is InChI=1S/C14H21N3O2/c1-16(8-9-17-6-2-3-7-17)11-13-5-4-12(10-15-13)14(18)19/h4-5,10H,2-3,6-9,11H2,1H3,(H,18,19). The molecule has 0 radical (unpaired) electrons. The third-order valence-electron chi connectivity index (χ3n) is 3.50. The van der Waals surface area contributed by atoms with Gasteiger partial charge < -0.3 is 10.0 Å². The topological polar surface area (TPSA) is 56.7 Å². The predicted octanol–water partition coefficient (Wildman–Crippen LogP) is 1.31. The van der Waals surface area contributed by atoms with Crippen molar-refractivity contribution in [2.75, 3.05) is 33.2 Å². The Morgan fingerprint density at radius 1 is 1.42 bits per heavy atom. The van der Waals surface area contributed by atoms with Gasteiger partial charge in [-0.25, -0.2) is 4.79 Å². The van der Waals surface area contributed by atoms with E-state index >= 15 is 0 Å². The van der Waals surface area contributed by atoms with Gasteiger partial charge in [-0.3, -0.25) is 9.88 Å². The maximum atomic E-state index is 10.7. The average Bonchev–Trinajstić information content (AvgIpc) is 2.90. The number of carboxylic acid groups (broad SMARTS) is 1. The number of nitrogens with zero attached hydrogens (tertiary/aromatic N) is 3. The van der Waals surface area contributed by atoms with Gasteiger partial charge in [0.05, 0.1) is 11.3 Å². The number of hydrogen-bond acceptors (Lipinski definition) is 4. The normalized spacial score (nSPS) is 16.1. The first kappa shape index (κ1) is 14.0. The zero-order valence-electron chi connectivity index (χ0n) is 11.4. The zero-order chi connectivity index (χ0) is 13.7. The fourth-order valence-corrected chi connectivity index (χ4v) is 2.32. The van der Waals surface area contributed by atoms with Crippen molar-refractivity contribution in [3.8, 4) is 0 Å². The van der Waals surface area contributed by atoms with E-state index in [-0.39, 0.29) is 5.56 Å².